The first-order valence-corrected chi connectivity index (χ1v) is 13.6. The smallest absolute Gasteiger partial charge is 0.0543 e. The molecule has 0 aromatic heterocycles. The maximum absolute atomic E-state index is 10.3. The molecular weight excluding hydrogens is 364 g/mol. The highest BCUT2D eigenvalue weighted by molar-refractivity contribution is 5.34. The molecule has 172 valence electrons. The van der Waals surface area contributed by atoms with Gasteiger partial charge in [0.1, 0.15) is 0 Å². The summed E-state index contributed by atoms with van der Waals surface area (Å²) < 4.78 is 0. The molecule has 0 aromatic carbocycles. The van der Waals surface area contributed by atoms with Crippen LogP contribution in [0.15, 0.2) is 11.1 Å². The minimum absolute atomic E-state index is 0.0272. The molecule has 4 rings (SSSR count). The molecule has 0 amide bonds. The fourth-order valence-corrected chi connectivity index (χ4v) is 9.11. The number of hydrogen-bond donors (Lipinski definition) is 1. The van der Waals surface area contributed by atoms with E-state index in [1.54, 1.807) is 0 Å². The van der Waals surface area contributed by atoms with Crippen LogP contribution in [-0.2, 0) is 0 Å². The standard InChI is InChI=1S/C29H50O/c1-7-21(19(2)3)9-8-20(4)25-12-13-26-24-11-10-22-18-23(30)14-16-28(22,5)27(24)15-17-29(25,26)6/h19-23,25,27,30H,7-18H2,1-6H3/t20-,21?,22+,23-,25?,27?,28?,29?/m1/s1. The van der Waals surface area contributed by atoms with Crippen LogP contribution in [0.5, 0.6) is 0 Å². The van der Waals surface area contributed by atoms with Crippen LogP contribution in [0.4, 0.5) is 0 Å². The Bertz CT molecular complexity index is 647. The van der Waals surface area contributed by atoms with E-state index in [0.717, 1.165) is 48.3 Å². The fraction of sp³-hybridized carbons (Fsp3) is 0.931. The Labute approximate surface area is 187 Å². The van der Waals surface area contributed by atoms with Crippen LogP contribution in [0.25, 0.3) is 0 Å². The quantitative estimate of drug-likeness (QED) is 0.434. The third-order valence-electron chi connectivity index (χ3n) is 11.2. The van der Waals surface area contributed by atoms with Crippen molar-refractivity contribution in [1.82, 2.24) is 0 Å². The van der Waals surface area contributed by atoms with Gasteiger partial charge in [-0.2, -0.15) is 0 Å². The molecule has 0 aliphatic heterocycles. The van der Waals surface area contributed by atoms with Gasteiger partial charge in [-0.05, 0) is 111 Å². The van der Waals surface area contributed by atoms with Gasteiger partial charge in [-0.1, -0.05) is 65.5 Å². The highest BCUT2D eigenvalue weighted by Gasteiger charge is 2.55. The predicted molar refractivity (Wildman–Crippen MR) is 128 cm³/mol. The number of rotatable bonds is 6. The van der Waals surface area contributed by atoms with E-state index in [4.69, 9.17) is 0 Å². The Morgan fingerprint density at radius 3 is 2.43 bits per heavy atom. The van der Waals surface area contributed by atoms with E-state index in [9.17, 15) is 5.11 Å². The lowest BCUT2D eigenvalue weighted by atomic mass is 9.49. The molecule has 3 saturated carbocycles. The fourth-order valence-electron chi connectivity index (χ4n) is 9.11. The van der Waals surface area contributed by atoms with E-state index in [1.807, 2.05) is 11.1 Å². The zero-order valence-electron chi connectivity index (χ0n) is 21.0. The molecule has 30 heavy (non-hydrogen) atoms. The summed E-state index contributed by atoms with van der Waals surface area (Å²) in [7, 11) is 0. The Morgan fingerprint density at radius 1 is 0.967 bits per heavy atom. The molecule has 4 aliphatic carbocycles. The van der Waals surface area contributed by atoms with Gasteiger partial charge >= 0.3 is 0 Å². The van der Waals surface area contributed by atoms with E-state index in [2.05, 4.69) is 41.5 Å². The second-order valence-electron chi connectivity index (χ2n) is 12.8. The Kier molecular flexibility index (Phi) is 6.53. The molecule has 0 aromatic rings. The first-order chi connectivity index (χ1) is 14.2. The van der Waals surface area contributed by atoms with Gasteiger partial charge in [0.25, 0.3) is 0 Å². The van der Waals surface area contributed by atoms with Crippen LogP contribution in [0.3, 0.4) is 0 Å². The van der Waals surface area contributed by atoms with E-state index < -0.39 is 0 Å². The van der Waals surface area contributed by atoms with Crippen molar-refractivity contribution in [3.05, 3.63) is 11.1 Å². The van der Waals surface area contributed by atoms with Gasteiger partial charge in [-0.15, -0.1) is 0 Å². The zero-order valence-corrected chi connectivity index (χ0v) is 21.0. The SMILES string of the molecule is CCC(CC[C@@H](C)C1CCC2=C3CC[C@H]4C[C@H](O)CCC4(C)C3CCC21C)C(C)C. The van der Waals surface area contributed by atoms with Gasteiger partial charge in [0.05, 0.1) is 6.10 Å². The van der Waals surface area contributed by atoms with Crippen molar-refractivity contribution in [2.45, 2.75) is 125 Å². The summed E-state index contributed by atoms with van der Waals surface area (Å²) in [5.74, 6) is 5.11. The number of fused-ring (bicyclic) bond motifs is 4. The summed E-state index contributed by atoms with van der Waals surface area (Å²) >= 11 is 0. The molecule has 0 heterocycles. The van der Waals surface area contributed by atoms with Crippen molar-refractivity contribution in [2.75, 3.05) is 0 Å². The Morgan fingerprint density at radius 2 is 1.73 bits per heavy atom. The number of hydrogen-bond acceptors (Lipinski definition) is 1. The van der Waals surface area contributed by atoms with Crippen molar-refractivity contribution < 1.29 is 5.11 Å². The van der Waals surface area contributed by atoms with Crippen molar-refractivity contribution in [3.63, 3.8) is 0 Å². The lowest BCUT2D eigenvalue weighted by molar-refractivity contribution is -0.0381. The molecule has 1 heteroatoms. The molecule has 1 N–H and O–H groups in total. The molecule has 8 atom stereocenters. The monoisotopic (exact) mass is 414 g/mol. The van der Waals surface area contributed by atoms with Crippen molar-refractivity contribution in [1.29, 1.82) is 0 Å². The molecule has 1 nitrogen and oxygen atoms in total. The summed E-state index contributed by atoms with van der Waals surface area (Å²) in [4.78, 5) is 0. The van der Waals surface area contributed by atoms with E-state index in [1.165, 1.54) is 64.2 Å². The lowest BCUT2D eigenvalue weighted by Crippen LogP contribution is -2.48. The van der Waals surface area contributed by atoms with Crippen LogP contribution < -0.4 is 0 Å². The van der Waals surface area contributed by atoms with Crippen molar-refractivity contribution >= 4 is 0 Å². The van der Waals surface area contributed by atoms with Crippen LogP contribution in [0.1, 0.15) is 119 Å². The molecule has 3 fully saturated rings. The van der Waals surface area contributed by atoms with E-state index in [0.29, 0.717) is 10.8 Å². The number of aliphatic hydroxyl groups excluding tert-OH is 1. The Hall–Kier alpha value is -0.300. The lowest BCUT2D eigenvalue weighted by Gasteiger charge is -2.56. The summed E-state index contributed by atoms with van der Waals surface area (Å²) in [5.41, 5.74) is 4.80. The van der Waals surface area contributed by atoms with Gasteiger partial charge in [0.2, 0.25) is 0 Å². The molecule has 0 radical (unpaired) electrons. The summed E-state index contributed by atoms with van der Waals surface area (Å²) in [6, 6.07) is 0. The highest BCUT2D eigenvalue weighted by Crippen LogP contribution is 2.65. The van der Waals surface area contributed by atoms with Crippen LogP contribution >= 0.6 is 0 Å². The first kappa shape index (κ1) is 22.9. The topological polar surface area (TPSA) is 20.2 Å². The number of aliphatic hydroxyl groups is 1. The normalized spacial score (nSPS) is 43.2. The molecule has 0 saturated heterocycles. The second kappa shape index (κ2) is 8.57. The van der Waals surface area contributed by atoms with Gasteiger partial charge in [-0.25, -0.2) is 0 Å². The highest BCUT2D eigenvalue weighted by atomic mass is 16.3. The van der Waals surface area contributed by atoms with Gasteiger partial charge in [0, 0.05) is 0 Å². The predicted octanol–water partition coefficient (Wildman–Crippen LogP) is 8.17. The zero-order chi connectivity index (χ0) is 21.7. The van der Waals surface area contributed by atoms with Gasteiger partial charge < -0.3 is 5.11 Å². The maximum atomic E-state index is 10.3. The summed E-state index contributed by atoms with van der Waals surface area (Å²) in [6.07, 6.45) is 15.9. The van der Waals surface area contributed by atoms with Crippen molar-refractivity contribution in [2.24, 2.45) is 46.3 Å². The third kappa shape index (κ3) is 3.74. The van der Waals surface area contributed by atoms with Gasteiger partial charge in [0.15, 0.2) is 0 Å². The maximum Gasteiger partial charge on any atom is 0.0543 e. The van der Waals surface area contributed by atoms with Gasteiger partial charge in [-0.3, -0.25) is 0 Å². The van der Waals surface area contributed by atoms with Crippen LogP contribution in [0.2, 0.25) is 0 Å². The average Bonchev–Trinajstić information content (AvgIpc) is 3.06. The first-order valence-electron chi connectivity index (χ1n) is 13.6. The second-order valence-corrected chi connectivity index (χ2v) is 12.8. The minimum atomic E-state index is -0.0272. The number of allylic oxidation sites excluding steroid dienone is 2. The largest absolute Gasteiger partial charge is 0.393 e. The van der Waals surface area contributed by atoms with E-state index in [-0.39, 0.29) is 6.10 Å². The molecular formula is C29H50O. The molecule has 5 unspecified atom stereocenters. The minimum Gasteiger partial charge on any atom is -0.393 e. The Balaban J connectivity index is 1.52. The molecule has 0 spiro atoms. The van der Waals surface area contributed by atoms with E-state index >= 15 is 0 Å². The van der Waals surface area contributed by atoms with Crippen molar-refractivity contribution in [3.8, 4) is 0 Å². The summed E-state index contributed by atoms with van der Waals surface area (Å²) in [6.45, 7) is 15.1. The third-order valence-corrected chi connectivity index (χ3v) is 11.2. The van der Waals surface area contributed by atoms with Crippen LogP contribution in [-0.4, -0.2) is 11.2 Å². The van der Waals surface area contributed by atoms with Crippen LogP contribution in [0, 0.1) is 46.3 Å². The molecule has 0 bridgehead atoms. The summed E-state index contributed by atoms with van der Waals surface area (Å²) in [5, 5.41) is 10.3. The average molecular weight is 415 g/mol. The molecule has 4 aliphatic rings.